The van der Waals surface area contributed by atoms with Gasteiger partial charge in [-0.3, -0.25) is 14.6 Å². The summed E-state index contributed by atoms with van der Waals surface area (Å²) in [6, 6.07) is 5.24. The molecule has 10 heteroatoms. The van der Waals surface area contributed by atoms with E-state index in [0.717, 1.165) is 21.5 Å². The number of nitrogens with zero attached hydrogens (tertiary/aromatic N) is 4. The summed E-state index contributed by atoms with van der Waals surface area (Å²) in [6.07, 6.45) is 1.99. The van der Waals surface area contributed by atoms with Crippen molar-refractivity contribution in [2.75, 3.05) is 0 Å². The van der Waals surface area contributed by atoms with Gasteiger partial charge in [0.1, 0.15) is 0 Å². The first-order valence-electron chi connectivity index (χ1n) is 9.35. The standard InChI is InChI=1S/C20H24ClN7O2/c1-10(2)27-8-12(4)18-14(6-13(21)7-16(18)27)20(30)28(23)9-15-11(3)5-17(25-26-22)24-19(15)29/h5-8,10H,9,23H2,1-4H3,(H3,22,24,25,29). The van der Waals surface area contributed by atoms with Crippen LogP contribution in [0.15, 0.2) is 39.5 Å². The summed E-state index contributed by atoms with van der Waals surface area (Å²) >= 11 is 6.31. The molecule has 0 radical (unpaired) electrons. The Morgan fingerprint density at radius 2 is 1.97 bits per heavy atom. The van der Waals surface area contributed by atoms with Crippen molar-refractivity contribution >= 4 is 34.2 Å². The average molecular weight is 430 g/mol. The molecule has 158 valence electrons. The third kappa shape index (κ3) is 3.94. The van der Waals surface area contributed by atoms with Gasteiger partial charge in [0.15, 0.2) is 5.82 Å². The van der Waals surface area contributed by atoms with Gasteiger partial charge in [0, 0.05) is 28.2 Å². The number of amides is 1. The van der Waals surface area contributed by atoms with Crippen molar-refractivity contribution in [1.82, 2.24) is 14.6 Å². The maximum Gasteiger partial charge on any atom is 0.268 e. The minimum Gasteiger partial charge on any atom is -0.345 e. The van der Waals surface area contributed by atoms with Crippen LogP contribution in [0.1, 0.15) is 46.9 Å². The molecule has 2 aromatic heterocycles. The molecule has 0 atom stereocenters. The topological polar surface area (TPSA) is 135 Å². The number of hydrazine groups is 1. The molecule has 3 rings (SSSR count). The Kier molecular flexibility index (Phi) is 5.95. The number of aryl methyl sites for hydroxylation is 2. The number of benzene rings is 1. The number of rotatable bonds is 5. The Bertz CT molecular complexity index is 1210. The predicted octanol–water partition coefficient (Wildman–Crippen LogP) is 3.65. The second kappa shape index (κ2) is 8.29. The quantitative estimate of drug-likeness (QED) is 0.247. The van der Waals surface area contributed by atoms with Crippen molar-refractivity contribution in [3.63, 3.8) is 0 Å². The van der Waals surface area contributed by atoms with E-state index in [4.69, 9.17) is 23.3 Å². The Morgan fingerprint density at radius 1 is 1.27 bits per heavy atom. The normalized spacial score (nSPS) is 11.7. The van der Waals surface area contributed by atoms with Crippen LogP contribution in [0.5, 0.6) is 0 Å². The van der Waals surface area contributed by atoms with Crippen LogP contribution in [-0.4, -0.2) is 20.5 Å². The summed E-state index contributed by atoms with van der Waals surface area (Å²) in [5, 5.41) is 9.01. The highest BCUT2D eigenvalue weighted by molar-refractivity contribution is 6.32. The Morgan fingerprint density at radius 3 is 2.57 bits per heavy atom. The monoisotopic (exact) mass is 429 g/mol. The van der Waals surface area contributed by atoms with Crippen molar-refractivity contribution in [2.24, 2.45) is 22.0 Å². The molecular weight excluding hydrogens is 406 g/mol. The van der Waals surface area contributed by atoms with Gasteiger partial charge in [0.2, 0.25) is 0 Å². The number of hydrogen-bond donors (Lipinski definition) is 3. The highest BCUT2D eigenvalue weighted by atomic mass is 35.5. The molecule has 0 fully saturated rings. The number of carbonyl (C=O) groups is 1. The van der Waals surface area contributed by atoms with Crippen molar-refractivity contribution < 1.29 is 4.79 Å². The van der Waals surface area contributed by atoms with Crippen LogP contribution < -0.4 is 17.2 Å². The molecule has 5 N–H and O–H groups in total. The fourth-order valence-electron chi connectivity index (χ4n) is 3.56. The molecule has 3 aromatic rings. The number of H-pyrrole nitrogens is 1. The van der Waals surface area contributed by atoms with Crippen LogP contribution in [0.3, 0.4) is 0 Å². The number of aromatic amines is 1. The molecule has 9 nitrogen and oxygen atoms in total. The minimum atomic E-state index is -0.434. The van der Waals surface area contributed by atoms with Crippen molar-refractivity contribution in [2.45, 2.75) is 40.3 Å². The van der Waals surface area contributed by atoms with E-state index in [0.29, 0.717) is 21.7 Å². The van der Waals surface area contributed by atoms with Gasteiger partial charge in [-0.25, -0.2) is 5.84 Å². The second-order valence-electron chi connectivity index (χ2n) is 7.45. The SMILES string of the molecule is Cc1cc(N=NN)[nH]c(=O)c1CN(N)C(=O)c1cc(Cl)cc2c1c(C)cn2C(C)C. The van der Waals surface area contributed by atoms with Gasteiger partial charge in [0.05, 0.1) is 17.6 Å². The average Bonchev–Trinajstić information content (AvgIpc) is 3.00. The highest BCUT2D eigenvalue weighted by Gasteiger charge is 2.22. The first kappa shape index (κ1) is 21.5. The largest absolute Gasteiger partial charge is 0.345 e. The summed E-state index contributed by atoms with van der Waals surface area (Å²) in [4.78, 5) is 28.2. The van der Waals surface area contributed by atoms with E-state index in [1.807, 2.05) is 19.2 Å². The van der Waals surface area contributed by atoms with Crippen LogP contribution in [0.25, 0.3) is 10.9 Å². The minimum absolute atomic E-state index is 0.0853. The first-order valence-corrected chi connectivity index (χ1v) is 9.72. The molecule has 0 bridgehead atoms. The van der Waals surface area contributed by atoms with Gasteiger partial charge in [-0.1, -0.05) is 16.8 Å². The van der Waals surface area contributed by atoms with Gasteiger partial charge >= 0.3 is 0 Å². The number of carbonyl (C=O) groups excluding carboxylic acids is 1. The Labute approximate surface area is 178 Å². The van der Waals surface area contributed by atoms with Gasteiger partial charge in [-0.2, -0.15) is 0 Å². The van der Waals surface area contributed by atoms with Crippen LogP contribution >= 0.6 is 11.6 Å². The lowest BCUT2D eigenvalue weighted by molar-refractivity contribution is 0.0744. The number of nitrogens with one attached hydrogen (secondary N) is 1. The zero-order valence-corrected chi connectivity index (χ0v) is 18.0. The molecule has 30 heavy (non-hydrogen) atoms. The molecule has 0 aliphatic heterocycles. The van der Waals surface area contributed by atoms with Crippen molar-refractivity contribution in [1.29, 1.82) is 0 Å². The lowest BCUT2D eigenvalue weighted by Crippen LogP contribution is -2.38. The lowest BCUT2D eigenvalue weighted by atomic mass is 10.1. The van der Waals surface area contributed by atoms with Crippen LogP contribution in [-0.2, 0) is 6.54 Å². The van der Waals surface area contributed by atoms with Crippen LogP contribution in [0.4, 0.5) is 5.82 Å². The van der Waals surface area contributed by atoms with E-state index in [-0.39, 0.29) is 18.4 Å². The van der Waals surface area contributed by atoms with Crippen LogP contribution in [0, 0.1) is 13.8 Å². The van der Waals surface area contributed by atoms with E-state index in [2.05, 4.69) is 33.7 Å². The molecule has 2 heterocycles. The molecule has 1 aromatic carbocycles. The molecule has 0 aliphatic carbocycles. The summed E-state index contributed by atoms with van der Waals surface area (Å²) in [5.41, 5.74) is 2.73. The van der Waals surface area contributed by atoms with Crippen LogP contribution in [0.2, 0.25) is 5.02 Å². The fraction of sp³-hybridized carbons (Fsp3) is 0.300. The first-order chi connectivity index (χ1) is 14.1. The van der Waals surface area contributed by atoms with E-state index in [9.17, 15) is 9.59 Å². The highest BCUT2D eigenvalue weighted by Crippen LogP contribution is 2.31. The number of pyridine rings is 1. The number of aromatic nitrogens is 2. The number of hydrogen-bond acceptors (Lipinski definition) is 5. The number of halogens is 1. The van der Waals surface area contributed by atoms with E-state index < -0.39 is 11.5 Å². The molecule has 0 saturated heterocycles. The van der Waals surface area contributed by atoms with Crippen molar-refractivity contribution in [3.8, 4) is 0 Å². The van der Waals surface area contributed by atoms with E-state index in [1.54, 1.807) is 19.1 Å². The third-order valence-electron chi connectivity index (χ3n) is 4.97. The summed E-state index contributed by atoms with van der Waals surface area (Å²) in [7, 11) is 0. The third-order valence-corrected chi connectivity index (χ3v) is 5.19. The summed E-state index contributed by atoms with van der Waals surface area (Å²) in [6.45, 7) is 7.69. The lowest BCUT2D eigenvalue weighted by Gasteiger charge is -2.19. The zero-order chi connectivity index (χ0) is 22.2. The molecule has 0 spiro atoms. The van der Waals surface area contributed by atoms with Gasteiger partial charge in [-0.05, 0) is 57.0 Å². The number of fused-ring (bicyclic) bond motifs is 1. The van der Waals surface area contributed by atoms with Gasteiger partial charge in [0.25, 0.3) is 11.5 Å². The zero-order valence-electron chi connectivity index (χ0n) is 17.2. The van der Waals surface area contributed by atoms with E-state index in [1.165, 1.54) is 0 Å². The smallest absolute Gasteiger partial charge is 0.268 e. The Hall–Kier alpha value is -3.17. The molecular formula is C20H24ClN7O2. The second-order valence-corrected chi connectivity index (χ2v) is 7.89. The fourth-order valence-corrected chi connectivity index (χ4v) is 3.77. The summed E-state index contributed by atoms with van der Waals surface area (Å²) in [5.74, 6) is 10.9. The van der Waals surface area contributed by atoms with Gasteiger partial charge in [-0.15, -0.1) is 5.11 Å². The molecule has 0 saturated carbocycles. The predicted molar refractivity (Wildman–Crippen MR) is 117 cm³/mol. The molecule has 0 aliphatic rings. The van der Waals surface area contributed by atoms with Crippen molar-refractivity contribution in [3.05, 3.63) is 62.0 Å². The van der Waals surface area contributed by atoms with Gasteiger partial charge < -0.3 is 15.4 Å². The Balaban J connectivity index is 2.02. The summed E-state index contributed by atoms with van der Waals surface area (Å²) < 4.78 is 2.06. The maximum atomic E-state index is 13.2. The van der Waals surface area contributed by atoms with E-state index >= 15 is 0 Å². The maximum absolute atomic E-state index is 13.2. The number of nitrogens with two attached hydrogens (primary N) is 2. The molecule has 1 amide bonds. The molecule has 0 unspecified atom stereocenters.